The van der Waals surface area contributed by atoms with Gasteiger partial charge in [-0.05, 0) is 61.4 Å². The molecular formula is C30H27FN4O7S. The largest absolute Gasteiger partial charge is 0.495 e. The number of unbranched alkanes of at least 4 members (excludes halogenated alkanes) is 1. The molecule has 0 bridgehead atoms. The summed E-state index contributed by atoms with van der Waals surface area (Å²) in [6, 6.07) is 18.2. The molecule has 2 heterocycles. The van der Waals surface area contributed by atoms with E-state index in [0.29, 0.717) is 52.9 Å². The molecule has 5 rings (SSSR count). The monoisotopic (exact) mass is 606 g/mol. The molecule has 0 spiro atoms. The molecule has 5 aromatic rings. The van der Waals surface area contributed by atoms with Crippen LogP contribution in [-0.2, 0) is 27.8 Å². The summed E-state index contributed by atoms with van der Waals surface area (Å²) in [5.41, 5.74) is 1.45. The summed E-state index contributed by atoms with van der Waals surface area (Å²) in [4.78, 5) is 29.3. The third kappa shape index (κ3) is 6.63. The van der Waals surface area contributed by atoms with Gasteiger partial charge in [0, 0.05) is 24.5 Å². The highest BCUT2D eigenvalue weighted by Gasteiger charge is 2.20. The van der Waals surface area contributed by atoms with E-state index in [4.69, 9.17) is 19.4 Å². The van der Waals surface area contributed by atoms with E-state index < -0.39 is 21.8 Å². The van der Waals surface area contributed by atoms with Crippen molar-refractivity contribution in [3.63, 3.8) is 0 Å². The highest BCUT2D eigenvalue weighted by atomic mass is 32.2. The number of carboxylic acids is 1. The lowest BCUT2D eigenvalue weighted by Crippen LogP contribution is -2.24. The number of nitrogens with zero attached hydrogens (tertiary/aromatic N) is 3. The first-order valence-electron chi connectivity index (χ1n) is 13.3. The van der Waals surface area contributed by atoms with Gasteiger partial charge >= 0.3 is 5.97 Å². The van der Waals surface area contributed by atoms with E-state index in [1.54, 1.807) is 42.5 Å². The number of methoxy groups -OCH3 is 1. The fraction of sp³-hybridized carbons (Fsp3) is 0.200. The summed E-state index contributed by atoms with van der Waals surface area (Å²) in [7, 11) is -2.52. The summed E-state index contributed by atoms with van der Waals surface area (Å²) in [5, 5.41) is 13.4. The van der Waals surface area contributed by atoms with Gasteiger partial charge in [0.25, 0.3) is 5.56 Å². The maximum Gasteiger partial charge on any atom is 0.303 e. The van der Waals surface area contributed by atoms with E-state index in [1.807, 2.05) is 0 Å². The van der Waals surface area contributed by atoms with Gasteiger partial charge in [0.1, 0.15) is 28.0 Å². The van der Waals surface area contributed by atoms with Crippen molar-refractivity contribution in [1.82, 2.24) is 19.4 Å². The number of benzene rings is 3. The Kier molecular flexibility index (Phi) is 8.64. The number of fused-ring (bicyclic) bond motifs is 1. The number of sulfonamides is 1. The van der Waals surface area contributed by atoms with Crippen LogP contribution < -0.4 is 15.0 Å². The zero-order valence-corrected chi connectivity index (χ0v) is 23.8. The second-order valence-electron chi connectivity index (χ2n) is 9.63. The third-order valence-corrected chi connectivity index (χ3v) is 8.16. The third-order valence-electron chi connectivity index (χ3n) is 6.71. The Morgan fingerprint density at radius 1 is 1.07 bits per heavy atom. The van der Waals surface area contributed by atoms with Crippen molar-refractivity contribution in [3.05, 3.63) is 101 Å². The molecule has 2 aromatic heterocycles. The van der Waals surface area contributed by atoms with Gasteiger partial charge < -0.3 is 14.4 Å². The number of aryl methyl sites for hydroxylation is 1. The number of hydrogen-bond donors (Lipinski definition) is 2. The molecule has 0 saturated heterocycles. The standard InChI is InChI=1S/C30H27FN4O7S/c1-41-26-6-2-3-7-27(26)43(39,40)32-18-22-17-24(34-42-22)19-10-15-23-25(16-19)33-28(8-4-5-9-29(36)37)35(30(23)38)21-13-11-20(31)12-14-21/h2-3,6-7,10-17,32H,4-5,8-9,18H2,1H3,(H,36,37). The number of aromatic nitrogens is 3. The van der Waals surface area contributed by atoms with Crippen LogP contribution in [0.5, 0.6) is 5.75 Å². The Hall–Kier alpha value is -4.88. The van der Waals surface area contributed by atoms with Crippen LogP contribution in [0.15, 0.2) is 87.0 Å². The molecule has 11 nitrogen and oxygen atoms in total. The molecule has 3 aromatic carbocycles. The molecule has 0 fully saturated rings. The van der Waals surface area contributed by atoms with Crippen molar-refractivity contribution in [1.29, 1.82) is 0 Å². The van der Waals surface area contributed by atoms with Crippen molar-refractivity contribution in [3.8, 4) is 22.7 Å². The minimum atomic E-state index is -3.90. The fourth-order valence-corrected chi connectivity index (χ4v) is 5.75. The van der Waals surface area contributed by atoms with Crippen molar-refractivity contribution in [2.24, 2.45) is 0 Å². The lowest BCUT2D eigenvalue weighted by molar-refractivity contribution is -0.137. The summed E-state index contributed by atoms with van der Waals surface area (Å²) >= 11 is 0. The molecule has 0 aliphatic rings. The van der Waals surface area contributed by atoms with Crippen molar-refractivity contribution < 1.29 is 32.0 Å². The number of ether oxygens (including phenoxy) is 1. The highest BCUT2D eigenvalue weighted by Crippen LogP contribution is 2.25. The molecule has 0 unspecified atom stereocenters. The molecule has 0 radical (unpaired) electrons. The first-order chi connectivity index (χ1) is 20.7. The van der Waals surface area contributed by atoms with Gasteiger partial charge in [-0.2, -0.15) is 0 Å². The van der Waals surface area contributed by atoms with E-state index in [1.165, 1.54) is 42.0 Å². The minimum absolute atomic E-state index is 0.0112. The van der Waals surface area contributed by atoms with Crippen LogP contribution in [0.1, 0.15) is 30.8 Å². The Morgan fingerprint density at radius 3 is 2.58 bits per heavy atom. The molecule has 2 N–H and O–H groups in total. The average Bonchev–Trinajstić information content (AvgIpc) is 3.48. The highest BCUT2D eigenvalue weighted by molar-refractivity contribution is 7.89. The number of aliphatic carboxylic acids is 1. The van der Waals surface area contributed by atoms with Crippen LogP contribution in [0.3, 0.4) is 0 Å². The molecule has 13 heteroatoms. The number of carboxylic acid groups (broad SMARTS) is 1. The minimum Gasteiger partial charge on any atom is -0.495 e. The molecule has 0 aliphatic heterocycles. The molecule has 0 aliphatic carbocycles. The van der Waals surface area contributed by atoms with Crippen LogP contribution >= 0.6 is 0 Å². The van der Waals surface area contributed by atoms with E-state index in [2.05, 4.69) is 9.88 Å². The summed E-state index contributed by atoms with van der Waals surface area (Å²) in [5.74, 6) is -0.494. The van der Waals surface area contributed by atoms with Gasteiger partial charge in [-0.25, -0.2) is 22.5 Å². The number of hydrogen-bond acceptors (Lipinski definition) is 8. The summed E-state index contributed by atoms with van der Waals surface area (Å²) in [6.45, 7) is -0.165. The number of nitrogens with one attached hydrogen (secondary N) is 1. The molecular weight excluding hydrogens is 579 g/mol. The topological polar surface area (TPSA) is 154 Å². The van der Waals surface area contributed by atoms with Crippen molar-refractivity contribution in [2.45, 2.75) is 37.1 Å². The second-order valence-corrected chi connectivity index (χ2v) is 11.4. The maximum absolute atomic E-state index is 13.6. The lowest BCUT2D eigenvalue weighted by Gasteiger charge is -2.14. The zero-order valence-electron chi connectivity index (χ0n) is 23.0. The van der Waals surface area contributed by atoms with Crippen molar-refractivity contribution >= 4 is 26.9 Å². The number of para-hydroxylation sites is 1. The zero-order chi connectivity index (χ0) is 30.6. The Bertz CT molecular complexity index is 1950. The van der Waals surface area contributed by atoms with E-state index in [0.717, 1.165) is 0 Å². The predicted octanol–water partition coefficient (Wildman–Crippen LogP) is 4.46. The van der Waals surface area contributed by atoms with Gasteiger partial charge in [0.2, 0.25) is 10.0 Å². The predicted molar refractivity (Wildman–Crippen MR) is 155 cm³/mol. The molecule has 0 atom stereocenters. The van der Waals surface area contributed by atoms with Crippen LogP contribution in [0.2, 0.25) is 0 Å². The summed E-state index contributed by atoms with van der Waals surface area (Å²) in [6.07, 6.45) is 1.18. The molecule has 0 saturated carbocycles. The molecule has 222 valence electrons. The SMILES string of the molecule is COc1ccccc1S(=O)(=O)NCc1cc(-c2ccc3c(=O)n(-c4ccc(F)cc4)c(CCCCC(=O)O)nc3c2)no1. The van der Waals surface area contributed by atoms with Gasteiger partial charge in [0.15, 0.2) is 5.76 Å². The lowest BCUT2D eigenvalue weighted by atomic mass is 10.1. The van der Waals surface area contributed by atoms with Crippen LogP contribution in [0.4, 0.5) is 4.39 Å². The van der Waals surface area contributed by atoms with Crippen LogP contribution in [-0.4, -0.2) is 41.3 Å². The Balaban J connectivity index is 1.43. The Labute approximate surface area is 245 Å². The van der Waals surface area contributed by atoms with E-state index in [9.17, 15) is 22.4 Å². The number of rotatable bonds is 12. The van der Waals surface area contributed by atoms with Crippen LogP contribution in [0.25, 0.3) is 27.8 Å². The van der Waals surface area contributed by atoms with Crippen molar-refractivity contribution in [2.75, 3.05) is 7.11 Å². The van der Waals surface area contributed by atoms with E-state index >= 15 is 0 Å². The fourth-order valence-electron chi connectivity index (χ4n) is 4.59. The van der Waals surface area contributed by atoms with Gasteiger partial charge in [-0.15, -0.1) is 0 Å². The molecule has 43 heavy (non-hydrogen) atoms. The average molecular weight is 607 g/mol. The second kappa shape index (κ2) is 12.5. The normalized spacial score (nSPS) is 11.6. The number of halogens is 1. The maximum atomic E-state index is 13.6. The first kappa shape index (κ1) is 29.6. The summed E-state index contributed by atoms with van der Waals surface area (Å²) < 4.78 is 53.6. The van der Waals surface area contributed by atoms with Gasteiger partial charge in [0.05, 0.1) is 30.2 Å². The first-order valence-corrected chi connectivity index (χ1v) is 14.8. The van der Waals surface area contributed by atoms with Gasteiger partial charge in [-0.1, -0.05) is 23.4 Å². The van der Waals surface area contributed by atoms with Crippen LogP contribution in [0, 0.1) is 5.82 Å². The Morgan fingerprint density at radius 2 is 1.84 bits per heavy atom. The number of carbonyl (C=O) groups is 1. The smallest absolute Gasteiger partial charge is 0.303 e. The van der Waals surface area contributed by atoms with Gasteiger partial charge in [-0.3, -0.25) is 14.2 Å². The molecule has 0 amide bonds. The van der Waals surface area contributed by atoms with E-state index in [-0.39, 0.29) is 34.9 Å². The quantitative estimate of drug-likeness (QED) is 0.196.